The molecule has 1 unspecified atom stereocenters. The normalized spacial score (nSPS) is 12.5. The van der Waals surface area contributed by atoms with Gasteiger partial charge in [0.05, 0.1) is 6.04 Å². The largest absolute Gasteiger partial charge is 0.320 e. The van der Waals surface area contributed by atoms with Crippen molar-refractivity contribution in [3.8, 4) is 0 Å². The predicted molar refractivity (Wildman–Crippen MR) is 58.8 cm³/mol. The second kappa shape index (κ2) is 4.59. The predicted octanol–water partition coefficient (Wildman–Crippen LogP) is 3.15. The van der Waals surface area contributed by atoms with E-state index in [0.717, 1.165) is 6.07 Å². The average molecular weight is 237 g/mol. The van der Waals surface area contributed by atoms with Crippen LogP contribution in [0.2, 0.25) is 0 Å². The van der Waals surface area contributed by atoms with Gasteiger partial charge >= 0.3 is 0 Å². The van der Waals surface area contributed by atoms with Crippen LogP contribution in [-0.4, -0.2) is 0 Å². The first-order chi connectivity index (χ1) is 8.09. The highest BCUT2D eigenvalue weighted by atomic mass is 19.2. The third-order valence-corrected chi connectivity index (χ3v) is 2.53. The summed E-state index contributed by atoms with van der Waals surface area (Å²) >= 11 is 0. The van der Waals surface area contributed by atoms with E-state index in [1.54, 1.807) is 30.3 Å². The monoisotopic (exact) mass is 237 g/mol. The van der Waals surface area contributed by atoms with Crippen molar-refractivity contribution >= 4 is 0 Å². The van der Waals surface area contributed by atoms with E-state index in [4.69, 9.17) is 5.73 Å². The van der Waals surface area contributed by atoms with Gasteiger partial charge in [0.15, 0.2) is 11.6 Å². The molecule has 17 heavy (non-hydrogen) atoms. The van der Waals surface area contributed by atoms with E-state index in [0.29, 0.717) is 11.6 Å². The minimum Gasteiger partial charge on any atom is -0.320 e. The third kappa shape index (κ3) is 2.31. The molecule has 0 heterocycles. The quantitative estimate of drug-likeness (QED) is 0.798. The Labute approximate surface area is 96.7 Å². The van der Waals surface area contributed by atoms with Crippen LogP contribution in [0.1, 0.15) is 17.2 Å². The molecule has 0 aliphatic heterocycles. The van der Waals surface area contributed by atoms with Crippen LogP contribution in [0.15, 0.2) is 42.5 Å². The Morgan fingerprint density at radius 1 is 0.824 bits per heavy atom. The lowest BCUT2D eigenvalue weighted by Crippen LogP contribution is -2.14. The van der Waals surface area contributed by atoms with E-state index in [1.807, 2.05) is 0 Å². The molecule has 1 atom stereocenters. The number of halogens is 3. The Bertz CT molecular complexity index is 526. The molecule has 0 aliphatic rings. The summed E-state index contributed by atoms with van der Waals surface area (Å²) in [7, 11) is 0. The van der Waals surface area contributed by atoms with Crippen molar-refractivity contribution < 1.29 is 13.2 Å². The van der Waals surface area contributed by atoms with E-state index < -0.39 is 23.5 Å². The molecule has 0 aliphatic carbocycles. The molecular formula is C13H10F3N. The fourth-order valence-corrected chi connectivity index (χ4v) is 1.62. The molecule has 2 aromatic rings. The molecule has 0 aromatic heterocycles. The van der Waals surface area contributed by atoms with Gasteiger partial charge in [-0.15, -0.1) is 0 Å². The highest BCUT2D eigenvalue weighted by Gasteiger charge is 2.16. The molecule has 88 valence electrons. The fourth-order valence-electron chi connectivity index (χ4n) is 1.62. The van der Waals surface area contributed by atoms with Crippen molar-refractivity contribution in [3.63, 3.8) is 0 Å². The van der Waals surface area contributed by atoms with Crippen LogP contribution >= 0.6 is 0 Å². The van der Waals surface area contributed by atoms with Crippen LogP contribution in [0.25, 0.3) is 0 Å². The Balaban J connectivity index is 2.44. The Morgan fingerprint density at radius 2 is 1.41 bits per heavy atom. The summed E-state index contributed by atoms with van der Waals surface area (Å²) in [5.74, 6) is -3.17. The Morgan fingerprint density at radius 3 is 2.06 bits per heavy atom. The molecule has 1 nitrogen and oxygen atoms in total. The summed E-state index contributed by atoms with van der Waals surface area (Å²) in [6.45, 7) is 0. The maximum atomic E-state index is 13.5. The van der Waals surface area contributed by atoms with Crippen LogP contribution < -0.4 is 5.73 Å². The highest BCUT2D eigenvalue weighted by Crippen LogP contribution is 2.24. The summed E-state index contributed by atoms with van der Waals surface area (Å²) in [6.07, 6.45) is 0. The molecule has 0 amide bonds. The fraction of sp³-hybridized carbons (Fsp3) is 0.0769. The molecule has 0 bridgehead atoms. The smallest absolute Gasteiger partial charge is 0.161 e. The summed E-state index contributed by atoms with van der Waals surface area (Å²) in [5, 5.41) is 0. The molecular weight excluding hydrogens is 227 g/mol. The zero-order chi connectivity index (χ0) is 12.4. The minimum atomic E-state index is -1.22. The van der Waals surface area contributed by atoms with Gasteiger partial charge in [0.2, 0.25) is 0 Å². The van der Waals surface area contributed by atoms with Gasteiger partial charge in [-0.2, -0.15) is 0 Å². The molecule has 2 N–H and O–H groups in total. The van der Waals surface area contributed by atoms with E-state index in [2.05, 4.69) is 0 Å². The van der Waals surface area contributed by atoms with Gasteiger partial charge in [-0.05, 0) is 11.6 Å². The van der Waals surface area contributed by atoms with E-state index >= 15 is 0 Å². The Kier molecular flexibility index (Phi) is 3.15. The first-order valence-electron chi connectivity index (χ1n) is 5.04. The van der Waals surface area contributed by atoms with Gasteiger partial charge in [0, 0.05) is 11.6 Å². The van der Waals surface area contributed by atoms with E-state index in [1.165, 1.54) is 0 Å². The molecule has 0 fully saturated rings. The van der Waals surface area contributed by atoms with Crippen molar-refractivity contribution in [2.45, 2.75) is 6.04 Å². The molecule has 0 saturated heterocycles. The number of nitrogens with two attached hydrogens (primary N) is 1. The van der Waals surface area contributed by atoms with Crippen molar-refractivity contribution in [2.24, 2.45) is 5.73 Å². The molecule has 0 radical (unpaired) electrons. The van der Waals surface area contributed by atoms with Gasteiger partial charge in [0.1, 0.15) is 5.82 Å². The number of hydrogen-bond acceptors (Lipinski definition) is 1. The summed E-state index contributed by atoms with van der Waals surface area (Å²) in [4.78, 5) is 0. The maximum absolute atomic E-state index is 13.5. The average Bonchev–Trinajstić information content (AvgIpc) is 2.34. The first kappa shape index (κ1) is 11.7. The third-order valence-electron chi connectivity index (χ3n) is 2.53. The van der Waals surface area contributed by atoms with E-state index in [-0.39, 0.29) is 5.56 Å². The summed E-state index contributed by atoms with van der Waals surface area (Å²) < 4.78 is 39.3. The van der Waals surface area contributed by atoms with Crippen molar-refractivity contribution in [1.29, 1.82) is 0 Å². The van der Waals surface area contributed by atoms with Gasteiger partial charge in [-0.25, -0.2) is 13.2 Å². The van der Waals surface area contributed by atoms with Crippen LogP contribution in [0.5, 0.6) is 0 Å². The molecule has 2 aromatic carbocycles. The first-order valence-corrected chi connectivity index (χ1v) is 5.04. The molecule has 0 spiro atoms. The van der Waals surface area contributed by atoms with Crippen LogP contribution in [0.3, 0.4) is 0 Å². The molecule has 4 heteroatoms. The lowest BCUT2D eigenvalue weighted by atomic mass is 9.99. The summed E-state index contributed by atoms with van der Waals surface area (Å²) in [5.41, 5.74) is 6.38. The number of hydrogen-bond donors (Lipinski definition) is 1. The van der Waals surface area contributed by atoms with Crippen molar-refractivity contribution in [1.82, 2.24) is 0 Å². The summed E-state index contributed by atoms with van der Waals surface area (Å²) in [6, 6.07) is 9.16. The number of benzene rings is 2. The zero-order valence-electron chi connectivity index (χ0n) is 8.83. The van der Waals surface area contributed by atoms with Gasteiger partial charge < -0.3 is 5.73 Å². The van der Waals surface area contributed by atoms with Crippen molar-refractivity contribution in [3.05, 3.63) is 71.0 Å². The SMILES string of the molecule is NC(c1ccccc1)c1cc(F)c(F)cc1F. The highest BCUT2D eigenvalue weighted by molar-refractivity contribution is 5.32. The van der Waals surface area contributed by atoms with Crippen LogP contribution in [-0.2, 0) is 0 Å². The second-order valence-electron chi connectivity index (χ2n) is 3.68. The topological polar surface area (TPSA) is 26.0 Å². The van der Waals surface area contributed by atoms with Gasteiger partial charge in [-0.1, -0.05) is 30.3 Å². The van der Waals surface area contributed by atoms with Crippen LogP contribution in [0.4, 0.5) is 13.2 Å². The van der Waals surface area contributed by atoms with Gasteiger partial charge in [-0.3, -0.25) is 0 Å². The minimum absolute atomic E-state index is 0.0601. The molecule has 2 rings (SSSR count). The number of rotatable bonds is 2. The van der Waals surface area contributed by atoms with Crippen LogP contribution in [0, 0.1) is 17.5 Å². The lowest BCUT2D eigenvalue weighted by Gasteiger charge is -2.13. The van der Waals surface area contributed by atoms with E-state index in [9.17, 15) is 13.2 Å². The molecule has 0 saturated carbocycles. The Hall–Kier alpha value is -1.81. The van der Waals surface area contributed by atoms with Gasteiger partial charge in [0.25, 0.3) is 0 Å². The lowest BCUT2D eigenvalue weighted by molar-refractivity contribution is 0.487. The standard InChI is InChI=1S/C13H10F3N/c14-10-7-12(16)11(15)6-9(10)13(17)8-4-2-1-3-5-8/h1-7,13H,17H2. The second-order valence-corrected chi connectivity index (χ2v) is 3.68. The van der Waals surface area contributed by atoms with Crippen molar-refractivity contribution in [2.75, 3.05) is 0 Å². The maximum Gasteiger partial charge on any atom is 0.161 e. The zero-order valence-corrected chi connectivity index (χ0v) is 8.83.